The molecule has 0 aliphatic rings. The van der Waals surface area contributed by atoms with Gasteiger partial charge in [-0.05, 0) is 108 Å². The summed E-state index contributed by atoms with van der Waals surface area (Å²) in [5.41, 5.74) is 12.3. The van der Waals surface area contributed by atoms with Crippen molar-refractivity contribution < 1.29 is 10.2 Å². The SMILES string of the molecule is CCCCc1ccc(N(c2cccc(O)c2)c2ccc(-c3ccccc3)c(-c3ccccc3)c2N(c2ccc(CCCC)cc2)c2cccc(O)c2)cc1. The van der Waals surface area contributed by atoms with E-state index < -0.39 is 0 Å². The van der Waals surface area contributed by atoms with Crippen molar-refractivity contribution in [1.29, 1.82) is 0 Å². The molecule has 0 aliphatic heterocycles. The molecule has 0 unspecified atom stereocenters. The van der Waals surface area contributed by atoms with E-state index in [1.165, 1.54) is 11.1 Å². The van der Waals surface area contributed by atoms with Crippen molar-refractivity contribution in [3.8, 4) is 33.8 Å². The Labute approximate surface area is 320 Å². The molecular weight excluding hydrogens is 661 g/mol. The van der Waals surface area contributed by atoms with Crippen LogP contribution in [0, 0.1) is 0 Å². The van der Waals surface area contributed by atoms with E-state index in [4.69, 9.17) is 0 Å². The molecule has 0 saturated heterocycles. The Morgan fingerprint density at radius 1 is 0.426 bits per heavy atom. The van der Waals surface area contributed by atoms with Crippen molar-refractivity contribution in [3.63, 3.8) is 0 Å². The lowest BCUT2D eigenvalue weighted by atomic mass is 9.90. The van der Waals surface area contributed by atoms with Crippen LogP contribution in [0.4, 0.5) is 34.1 Å². The van der Waals surface area contributed by atoms with Gasteiger partial charge in [0, 0.05) is 40.4 Å². The maximum Gasteiger partial charge on any atom is 0.117 e. The Kier molecular flexibility index (Phi) is 11.4. The van der Waals surface area contributed by atoms with Gasteiger partial charge >= 0.3 is 0 Å². The second kappa shape index (κ2) is 17.0. The van der Waals surface area contributed by atoms with Gasteiger partial charge < -0.3 is 20.0 Å². The molecule has 4 heteroatoms. The molecule has 0 amide bonds. The zero-order chi connectivity index (χ0) is 37.3. The fraction of sp³-hybridized carbons (Fsp3) is 0.160. The van der Waals surface area contributed by atoms with E-state index in [-0.39, 0.29) is 11.5 Å². The molecule has 0 spiro atoms. The number of phenols is 2. The molecule has 2 N–H and O–H groups in total. The third kappa shape index (κ3) is 8.04. The van der Waals surface area contributed by atoms with Crippen LogP contribution >= 0.6 is 0 Å². The highest BCUT2D eigenvalue weighted by Crippen LogP contribution is 2.53. The first-order valence-corrected chi connectivity index (χ1v) is 19.2. The van der Waals surface area contributed by atoms with Gasteiger partial charge in [-0.2, -0.15) is 0 Å². The van der Waals surface area contributed by atoms with E-state index in [1.54, 1.807) is 12.1 Å². The minimum absolute atomic E-state index is 0.187. The number of nitrogens with zero attached hydrogens (tertiary/aromatic N) is 2. The molecule has 0 radical (unpaired) electrons. The van der Waals surface area contributed by atoms with Gasteiger partial charge in [-0.3, -0.25) is 0 Å². The van der Waals surface area contributed by atoms with E-state index in [0.717, 1.165) is 94.9 Å². The first kappa shape index (κ1) is 36.1. The maximum absolute atomic E-state index is 11.0. The standard InChI is InChI=1S/C50H48N2O2/c1-3-5-15-37-25-29-41(30-26-37)51(43-21-13-23-45(53)35-43)48-34-33-47(39-17-9-7-10-18-39)49(40-19-11-8-12-20-40)50(48)52(44-22-14-24-46(54)36-44)42-31-27-38(28-32-42)16-6-4-2/h7-14,17-36,53-54H,3-6,15-16H2,1-2H3. The molecular formula is C50H48N2O2. The molecule has 0 atom stereocenters. The van der Waals surface area contributed by atoms with Gasteiger partial charge in [0.05, 0.1) is 11.4 Å². The quantitative estimate of drug-likeness (QED) is 0.118. The van der Waals surface area contributed by atoms with Crippen LogP contribution in [0.5, 0.6) is 11.5 Å². The van der Waals surface area contributed by atoms with Crippen molar-refractivity contribution in [3.05, 3.63) is 181 Å². The molecule has 270 valence electrons. The number of aryl methyl sites for hydroxylation is 2. The Morgan fingerprint density at radius 2 is 0.907 bits per heavy atom. The van der Waals surface area contributed by atoms with Gasteiger partial charge in [-0.1, -0.05) is 130 Å². The minimum Gasteiger partial charge on any atom is -0.508 e. The molecule has 7 rings (SSSR count). The van der Waals surface area contributed by atoms with E-state index in [1.807, 2.05) is 36.4 Å². The van der Waals surface area contributed by atoms with E-state index in [0.29, 0.717) is 0 Å². The van der Waals surface area contributed by atoms with Gasteiger partial charge in [-0.15, -0.1) is 0 Å². The van der Waals surface area contributed by atoms with Crippen molar-refractivity contribution in [2.75, 3.05) is 9.80 Å². The third-order valence-corrected chi connectivity index (χ3v) is 9.97. The van der Waals surface area contributed by atoms with Gasteiger partial charge in [0.25, 0.3) is 0 Å². The number of hydrogen-bond acceptors (Lipinski definition) is 4. The Morgan fingerprint density at radius 3 is 1.41 bits per heavy atom. The highest BCUT2D eigenvalue weighted by Gasteiger charge is 2.28. The van der Waals surface area contributed by atoms with Crippen LogP contribution in [-0.4, -0.2) is 10.2 Å². The molecule has 0 bridgehead atoms. The fourth-order valence-corrected chi connectivity index (χ4v) is 7.23. The second-order valence-corrected chi connectivity index (χ2v) is 13.8. The summed E-state index contributed by atoms with van der Waals surface area (Å²) in [5.74, 6) is 0.377. The van der Waals surface area contributed by atoms with Crippen LogP contribution in [0.2, 0.25) is 0 Å². The third-order valence-electron chi connectivity index (χ3n) is 9.97. The molecule has 0 heterocycles. The largest absolute Gasteiger partial charge is 0.508 e. The zero-order valence-corrected chi connectivity index (χ0v) is 31.2. The number of anilines is 6. The van der Waals surface area contributed by atoms with E-state index in [9.17, 15) is 10.2 Å². The number of hydrogen-bond donors (Lipinski definition) is 2. The highest BCUT2D eigenvalue weighted by atomic mass is 16.3. The van der Waals surface area contributed by atoms with Crippen LogP contribution in [0.1, 0.15) is 50.7 Å². The first-order chi connectivity index (χ1) is 26.5. The highest BCUT2D eigenvalue weighted by molar-refractivity contribution is 6.04. The molecule has 0 aromatic heterocycles. The van der Waals surface area contributed by atoms with Crippen LogP contribution in [0.25, 0.3) is 22.3 Å². The zero-order valence-electron chi connectivity index (χ0n) is 31.2. The summed E-state index contributed by atoms with van der Waals surface area (Å²) in [6.07, 6.45) is 6.59. The van der Waals surface area contributed by atoms with Crippen LogP contribution in [0.3, 0.4) is 0 Å². The van der Waals surface area contributed by atoms with E-state index in [2.05, 4.69) is 145 Å². The lowest BCUT2D eigenvalue weighted by Crippen LogP contribution is -2.18. The van der Waals surface area contributed by atoms with Crippen LogP contribution in [-0.2, 0) is 12.8 Å². The van der Waals surface area contributed by atoms with Gasteiger partial charge in [0.1, 0.15) is 11.5 Å². The molecule has 7 aromatic rings. The number of phenolic OH excluding ortho intramolecular Hbond substituents is 2. The number of aromatic hydroxyl groups is 2. The van der Waals surface area contributed by atoms with Crippen LogP contribution in [0.15, 0.2) is 170 Å². The smallest absolute Gasteiger partial charge is 0.117 e. The average molecular weight is 709 g/mol. The summed E-state index contributed by atoms with van der Waals surface area (Å²) in [5, 5.41) is 21.9. The lowest BCUT2D eigenvalue weighted by Gasteiger charge is -2.36. The molecule has 54 heavy (non-hydrogen) atoms. The van der Waals surface area contributed by atoms with Gasteiger partial charge in [-0.25, -0.2) is 0 Å². The lowest BCUT2D eigenvalue weighted by molar-refractivity contribution is 0.475. The molecule has 0 saturated carbocycles. The predicted octanol–water partition coefficient (Wildman–Crippen LogP) is 14.1. The minimum atomic E-state index is 0.187. The summed E-state index contributed by atoms with van der Waals surface area (Å²) in [6.45, 7) is 4.45. The fourth-order valence-electron chi connectivity index (χ4n) is 7.23. The molecule has 4 nitrogen and oxygen atoms in total. The normalized spacial score (nSPS) is 11.0. The summed E-state index contributed by atoms with van der Waals surface area (Å²) in [4.78, 5) is 4.52. The van der Waals surface area contributed by atoms with Crippen molar-refractivity contribution in [2.24, 2.45) is 0 Å². The van der Waals surface area contributed by atoms with Crippen molar-refractivity contribution in [2.45, 2.75) is 52.4 Å². The average Bonchev–Trinajstić information content (AvgIpc) is 3.21. The summed E-state index contributed by atoms with van der Waals surface area (Å²) >= 11 is 0. The Balaban J connectivity index is 1.59. The maximum atomic E-state index is 11.0. The monoisotopic (exact) mass is 708 g/mol. The van der Waals surface area contributed by atoms with Gasteiger partial charge in [0.2, 0.25) is 0 Å². The summed E-state index contributed by atoms with van der Waals surface area (Å²) in [6, 6.07) is 58.2. The topological polar surface area (TPSA) is 46.9 Å². The molecule has 0 aliphatic carbocycles. The van der Waals surface area contributed by atoms with Crippen molar-refractivity contribution in [1.82, 2.24) is 0 Å². The number of benzene rings is 7. The number of rotatable bonds is 14. The molecule has 7 aromatic carbocycles. The van der Waals surface area contributed by atoms with Gasteiger partial charge in [0.15, 0.2) is 0 Å². The Hall–Kier alpha value is -6.26. The first-order valence-electron chi connectivity index (χ1n) is 19.2. The number of unbranched alkanes of at least 4 members (excludes halogenated alkanes) is 2. The Bertz CT molecular complexity index is 2270. The molecule has 0 fully saturated rings. The van der Waals surface area contributed by atoms with E-state index >= 15 is 0 Å². The second-order valence-electron chi connectivity index (χ2n) is 13.8. The summed E-state index contributed by atoms with van der Waals surface area (Å²) in [7, 11) is 0. The van der Waals surface area contributed by atoms with Crippen molar-refractivity contribution >= 4 is 34.1 Å². The summed E-state index contributed by atoms with van der Waals surface area (Å²) < 4.78 is 0. The predicted molar refractivity (Wildman–Crippen MR) is 227 cm³/mol. The van der Waals surface area contributed by atoms with Crippen LogP contribution < -0.4 is 9.80 Å².